The Bertz CT molecular complexity index is 640. The Morgan fingerprint density at radius 3 is 2.65 bits per heavy atom. The summed E-state index contributed by atoms with van der Waals surface area (Å²) in [4.78, 5) is 0. The van der Waals surface area contributed by atoms with Gasteiger partial charge in [0.15, 0.2) is 0 Å². The van der Waals surface area contributed by atoms with Crippen LogP contribution in [0.1, 0.15) is 29.3 Å². The maximum atomic E-state index is 6.00. The van der Waals surface area contributed by atoms with Crippen molar-refractivity contribution in [2.75, 3.05) is 6.61 Å². The number of aryl methyl sites for hydroxylation is 3. The Morgan fingerprint density at radius 1 is 1.30 bits per heavy atom. The number of nitrogens with zero attached hydrogens (tertiary/aromatic N) is 2. The van der Waals surface area contributed by atoms with E-state index in [1.807, 2.05) is 17.7 Å². The molecule has 0 radical (unpaired) electrons. The number of hydrogen-bond donors (Lipinski definition) is 1. The molecule has 0 spiro atoms. The fourth-order valence-corrected chi connectivity index (χ4v) is 2.54. The van der Waals surface area contributed by atoms with Gasteiger partial charge in [-0.3, -0.25) is 4.68 Å². The van der Waals surface area contributed by atoms with Crippen molar-refractivity contribution in [3.8, 4) is 5.75 Å². The normalized spacial score (nSPS) is 12.2. The van der Waals surface area contributed by atoms with E-state index in [1.54, 1.807) is 0 Å². The standard InChI is InChI=1S/C19H27N3O/c1-6-10-22-12-18(17(5)21-22)11-20-16(4)13-23-19-14(2)8-7-9-15(19)3/h6-9,12,16,20H,1,10-11,13H2,2-5H3. The highest BCUT2D eigenvalue weighted by molar-refractivity contribution is 5.39. The third-order valence-corrected chi connectivity index (χ3v) is 3.89. The number of ether oxygens (including phenoxy) is 1. The van der Waals surface area contributed by atoms with Gasteiger partial charge in [-0.25, -0.2) is 0 Å². The highest BCUT2D eigenvalue weighted by atomic mass is 16.5. The van der Waals surface area contributed by atoms with Crippen LogP contribution in [-0.4, -0.2) is 22.4 Å². The van der Waals surface area contributed by atoms with Crippen LogP contribution in [0.15, 0.2) is 37.1 Å². The molecule has 0 aliphatic rings. The van der Waals surface area contributed by atoms with Crippen molar-refractivity contribution in [2.45, 2.75) is 46.8 Å². The van der Waals surface area contributed by atoms with E-state index in [0.29, 0.717) is 6.61 Å². The summed E-state index contributed by atoms with van der Waals surface area (Å²) in [7, 11) is 0. The Kier molecular flexibility index (Phi) is 5.99. The molecule has 0 bridgehead atoms. The van der Waals surface area contributed by atoms with E-state index < -0.39 is 0 Å². The van der Waals surface area contributed by atoms with Crippen LogP contribution in [0.5, 0.6) is 5.75 Å². The van der Waals surface area contributed by atoms with Crippen molar-refractivity contribution in [3.05, 3.63) is 59.4 Å². The average Bonchev–Trinajstić information content (AvgIpc) is 2.85. The van der Waals surface area contributed by atoms with Crippen molar-refractivity contribution in [1.29, 1.82) is 0 Å². The van der Waals surface area contributed by atoms with Crippen LogP contribution in [-0.2, 0) is 13.1 Å². The quantitative estimate of drug-likeness (QED) is 0.758. The molecule has 0 aliphatic heterocycles. The Hall–Kier alpha value is -2.07. The van der Waals surface area contributed by atoms with E-state index in [1.165, 1.54) is 16.7 Å². The fourth-order valence-electron chi connectivity index (χ4n) is 2.54. The monoisotopic (exact) mass is 313 g/mol. The lowest BCUT2D eigenvalue weighted by molar-refractivity contribution is 0.269. The minimum Gasteiger partial charge on any atom is -0.491 e. The first-order valence-corrected chi connectivity index (χ1v) is 8.07. The van der Waals surface area contributed by atoms with Gasteiger partial charge >= 0.3 is 0 Å². The summed E-state index contributed by atoms with van der Waals surface area (Å²) in [6.07, 6.45) is 3.92. The van der Waals surface area contributed by atoms with Gasteiger partial charge in [-0.05, 0) is 38.8 Å². The summed E-state index contributed by atoms with van der Waals surface area (Å²) in [6, 6.07) is 6.48. The summed E-state index contributed by atoms with van der Waals surface area (Å²) >= 11 is 0. The van der Waals surface area contributed by atoms with E-state index in [-0.39, 0.29) is 6.04 Å². The number of hydrogen-bond acceptors (Lipinski definition) is 3. The Balaban J connectivity index is 1.85. The molecule has 1 N–H and O–H groups in total. The van der Waals surface area contributed by atoms with Crippen molar-refractivity contribution >= 4 is 0 Å². The Morgan fingerprint density at radius 2 is 2.00 bits per heavy atom. The van der Waals surface area contributed by atoms with Gasteiger partial charge in [0.1, 0.15) is 12.4 Å². The van der Waals surface area contributed by atoms with Gasteiger partial charge in [0.2, 0.25) is 0 Å². The molecule has 1 unspecified atom stereocenters. The van der Waals surface area contributed by atoms with Crippen LogP contribution < -0.4 is 10.1 Å². The van der Waals surface area contributed by atoms with Gasteiger partial charge in [0.25, 0.3) is 0 Å². The molecule has 1 aromatic carbocycles. The second-order valence-corrected chi connectivity index (χ2v) is 6.06. The van der Waals surface area contributed by atoms with Crippen LogP contribution >= 0.6 is 0 Å². The highest BCUT2D eigenvalue weighted by Gasteiger charge is 2.09. The summed E-state index contributed by atoms with van der Waals surface area (Å²) in [5, 5.41) is 7.97. The molecule has 0 saturated heterocycles. The van der Waals surface area contributed by atoms with Crippen LogP contribution in [0.3, 0.4) is 0 Å². The number of para-hydroxylation sites is 1. The lowest BCUT2D eigenvalue weighted by Crippen LogP contribution is -2.31. The number of rotatable bonds is 8. The number of allylic oxidation sites excluding steroid dienone is 1. The van der Waals surface area contributed by atoms with Crippen molar-refractivity contribution in [2.24, 2.45) is 0 Å². The topological polar surface area (TPSA) is 39.1 Å². The van der Waals surface area contributed by atoms with Crippen LogP contribution in [0.4, 0.5) is 0 Å². The summed E-state index contributed by atoms with van der Waals surface area (Å²) in [6.45, 7) is 14.3. The van der Waals surface area contributed by atoms with E-state index >= 15 is 0 Å². The van der Waals surface area contributed by atoms with Crippen molar-refractivity contribution < 1.29 is 4.74 Å². The molecule has 1 aromatic heterocycles. The summed E-state index contributed by atoms with van der Waals surface area (Å²) in [5.41, 5.74) is 4.63. The van der Waals surface area contributed by atoms with E-state index in [9.17, 15) is 0 Å². The molecular formula is C19H27N3O. The molecule has 2 aromatic rings. The van der Waals surface area contributed by atoms with E-state index in [2.05, 4.69) is 62.2 Å². The number of nitrogens with one attached hydrogen (secondary N) is 1. The smallest absolute Gasteiger partial charge is 0.125 e. The first-order chi connectivity index (χ1) is 11.0. The second-order valence-electron chi connectivity index (χ2n) is 6.06. The molecule has 1 atom stereocenters. The molecule has 2 rings (SSSR count). The predicted molar refractivity (Wildman–Crippen MR) is 94.9 cm³/mol. The average molecular weight is 313 g/mol. The summed E-state index contributed by atoms with van der Waals surface area (Å²) in [5.74, 6) is 0.996. The molecular weight excluding hydrogens is 286 g/mol. The van der Waals surface area contributed by atoms with Crippen LogP contribution in [0.25, 0.3) is 0 Å². The van der Waals surface area contributed by atoms with Crippen molar-refractivity contribution in [3.63, 3.8) is 0 Å². The minimum atomic E-state index is 0.260. The van der Waals surface area contributed by atoms with E-state index in [4.69, 9.17) is 4.74 Å². The molecule has 124 valence electrons. The fraction of sp³-hybridized carbons (Fsp3) is 0.421. The first kappa shape index (κ1) is 17.3. The van der Waals surface area contributed by atoms with Gasteiger partial charge in [-0.15, -0.1) is 6.58 Å². The molecule has 23 heavy (non-hydrogen) atoms. The maximum absolute atomic E-state index is 6.00. The molecule has 0 saturated carbocycles. The molecule has 0 amide bonds. The van der Waals surface area contributed by atoms with Gasteiger partial charge in [0.05, 0.1) is 12.2 Å². The Labute approximate surface area is 139 Å². The number of aromatic nitrogens is 2. The predicted octanol–water partition coefficient (Wildman–Crippen LogP) is 3.55. The lowest BCUT2D eigenvalue weighted by atomic mass is 10.1. The number of benzene rings is 1. The summed E-state index contributed by atoms with van der Waals surface area (Å²) < 4.78 is 7.91. The molecule has 4 heteroatoms. The molecule has 4 nitrogen and oxygen atoms in total. The molecule has 0 aliphatic carbocycles. The van der Waals surface area contributed by atoms with Crippen molar-refractivity contribution in [1.82, 2.24) is 15.1 Å². The molecule has 0 fully saturated rings. The lowest BCUT2D eigenvalue weighted by Gasteiger charge is -2.17. The van der Waals surface area contributed by atoms with Gasteiger partial charge in [-0.2, -0.15) is 5.10 Å². The molecule has 1 heterocycles. The van der Waals surface area contributed by atoms with Crippen LogP contribution in [0, 0.1) is 20.8 Å². The SMILES string of the molecule is C=CCn1cc(CNC(C)COc2c(C)cccc2C)c(C)n1. The second kappa shape index (κ2) is 7.97. The highest BCUT2D eigenvalue weighted by Crippen LogP contribution is 2.22. The van der Waals surface area contributed by atoms with Gasteiger partial charge in [-0.1, -0.05) is 24.3 Å². The zero-order valence-electron chi connectivity index (χ0n) is 14.6. The zero-order valence-corrected chi connectivity index (χ0v) is 14.6. The first-order valence-electron chi connectivity index (χ1n) is 8.07. The largest absolute Gasteiger partial charge is 0.491 e. The third kappa shape index (κ3) is 4.70. The van der Waals surface area contributed by atoms with E-state index in [0.717, 1.165) is 24.5 Å². The van der Waals surface area contributed by atoms with Crippen LogP contribution in [0.2, 0.25) is 0 Å². The minimum absolute atomic E-state index is 0.260. The third-order valence-electron chi connectivity index (χ3n) is 3.89. The maximum Gasteiger partial charge on any atom is 0.125 e. The van der Waals surface area contributed by atoms with Gasteiger partial charge < -0.3 is 10.1 Å². The van der Waals surface area contributed by atoms with Gasteiger partial charge in [0, 0.05) is 24.3 Å². The zero-order chi connectivity index (χ0) is 16.8.